The Morgan fingerprint density at radius 2 is 2.27 bits per heavy atom. The summed E-state index contributed by atoms with van der Waals surface area (Å²) in [6.45, 7) is 0. The van der Waals surface area contributed by atoms with Gasteiger partial charge in [-0.25, -0.2) is 15.0 Å². The van der Waals surface area contributed by atoms with Gasteiger partial charge in [-0.3, -0.25) is 0 Å². The Kier molecular flexibility index (Phi) is 1.78. The van der Waals surface area contributed by atoms with Gasteiger partial charge in [-0.05, 0) is 15.9 Å². The lowest BCUT2D eigenvalue weighted by Crippen LogP contribution is -2.02. The van der Waals surface area contributed by atoms with E-state index in [0.29, 0.717) is 5.82 Å². The highest BCUT2D eigenvalue weighted by Crippen LogP contribution is 2.14. The number of hydrogen-bond acceptors (Lipinski definition) is 4. The van der Waals surface area contributed by atoms with Crippen molar-refractivity contribution in [1.82, 2.24) is 29.1 Å². The quantitative estimate of drug-likeness (QED) is 0.660. The maximum atomic E-state index is 4.31. The van der Waals surface area contributed by atoms with Gasteiger partial charge in [-0.15, -0.1) is 0 Å². The fraction of sp³-hybridized carbons (Fsp3) is 0. The maximum Gasteiger partial charge on any atom is 0.200 e. The molecule has 0 fully saturated rings. The number of nitrogens with zero attached hydrogens (tertiary/aromatic N) is 6. The first-order chi connectivity index (χ1) is 7.34. The Morgan fingerprint density at radius 3 is 3.07 bits per heavy atom. The average Bonchev–Trinajstić information content (AvgIpc) is 2.86. The molecule has 0 aliphatic rings. The molecule has 0 unspecified atom stereocenters. The minimum Gasteiger partial charge on any atom is -0.301 e. The first-order valence-electron chi connectivity index (χ1n) is 4.19. The SMILES string of the molecule is Brc1cn2ccnc2c(-n2cncn2)n1. The Hall–Kier alpha value is -1.76. The van der Waals surface area contributed by atoms with E-state index in [0.717, 1.165) is 10.3 Å². The Balaban J connectivity index is 2.38. The third kappa shape index (κ3) is 1.32. The fourth-order valence-electron chi connectivity index (χ4n) is 1.36. The number of halogens is 1. The lowest BCUT2D eigenvalue weighted by molar-refractivity contribution is 0.835. The molecule has 74 valence electrons. The van der Waals surface area contributed by atoms with E-state index in [1.807, 2.05) is 16.8 Å². The van der Waals surface area contributed by atoms with E-state index in [-0.39, 0.29) is 0 Å². The molecule has 0 atom stereocenters. The molecule has 0 aliphatic carbocycles. The van der Waals surface area contributed by atoms with Gasteiger partial charge in [0.2, 0.25) is 0 Å². The van der Waals surface area contributed by atoms with Crippen LogP contribution in [0.15, 0.2) is 35.8 Å². The highest BCUT2D eigenvalue weighted by Gasteiger charge is 2.08. The van der Waals surface area contributed by atoms with Crippen LogP contribution in [0.4, 0.5) is 0 Å². The topological polar surface area (TPSA) is 60.9 Å². The summed E-state index contributed by atoms with van der Waals surface area (Å²) in [5.41, 5.74) is 0.740. The van der Waals surface area contributed by atoms with Crippen LogP contribution in [0.5, 0.6) is 0 Å². The molecule has 3 rings (SSSR count). The van der Waals surface area contributed by atoms with Crippen LogP contribution in [-0.2, 0) is 0 Å². The second-order valence-electron chi connectivity index (χ2n) is 2.89. The normalized spacial score (nSPS) is 11.0. The molecular weight excluding hydrogens is 260 g/mol. The van der Waals surface area contributed by atoms with Crippen LogP contribution >= 0.6 is 15.9 Å². The molecule has 6 nitrogen and oxygen atoms in total. The molecular formula is C8H5BrN6. The molecule has 15 heavy (non-hydrogen) atoms. The molecule has 3 heterocycles. The van der Waals surface area contributed by atoms with Crippen LogP contribution in [0.3, 0.4) is 0 Å². The van der Waals surface area contributed by atoms with Crippen LogP contribution in [0.25, 0.3) is 11.5 Å². The summed E-state index contributed by atoms with van der Waals surface area (Å²) in [7, 11) is 0. The monoisotopic (exact) mass is 264 g/mol. The largest absolute Gasteiger partial charge is 0.301 e. The zero-order valence-corrected chi connectivity index (χ0v) is 9.03. The van der Waals surface area contributed by atoms with E-state index < -0.39 is 0 Å². The summed E-state index contributed by atoms with van der Waals surface area (Å²) < 4.78 is 4.17. The maximum absolute atomic E-state index is 4.31. The molecule has 0 N–H and O–H groups in total. The van der Waals surface area contributed by atoms with Gasteiger partial charge >= 0.3 is 0 Å². The van der Waals surface area contributed by atoms with Crippen LogP contribution in [0.2, 0.25) is 0 Å². The summed E-state index contributed by atoms with van der Waals surface area (Å²) in [6, 6.07) is 0. The van der Waals surface area contributed by atoms with Gasteiger partial charge in [-0.1, -0.05) is 0 Å². The number of imidazole rings is 1. The van der Waals surface area contributed by atoms with E-state index in [1.54, 1.807) is 17.2 Å². The predicted molar refractivity (Wildman–Crippen MR) is 55.6 cm³/mol. The molecule has 0 radical (unpaired) electrons. The number of fused-ring (bicyclic) bond motifs is 1. The minimum absolute atomic E-state index is 0.645. The molecule has 7 heteroatoms. The van der Waals surface area contributed by atoms with Crippen molar-refractivity contribution in [3.05, 3.63) is 35.8 Å². The van der Waals surface area contributed by atoms with Crippen molar-refractivity contribution in [3.63, 3.8) is 0 Å². The predicted octanol–water partition coefficient (Wildman–Crippen LogP) is 1.07. The Morgan fingerprint density at radius 1 is 1.33 bits per heavy atom. The minimum atomic E-state index is 0.645. The molecule has 3 aromatic heterocycles. The Bertz CT molecular complexity index is 599. The highest BCUT2D eigenvalue weighted by molar-refractivity contribution is 9.10. The van der Waals surface area contributed by atoms with Gasteiger partial charge in [0.1, 0.15) is 17.3 Å². The van der Waals surface area contributed by atoms with Crippen molar-refractivity contribution in [2.75, 3.05) is 0 Å². The molecule has 0 amide bonds. The summed E-state index contributed by atoms with van der Waals surface area (Å²) in [5, 5.41) is 4.03. The van der Waals surface area contributed by atoms with E-state index in [2.05, 4.69) is 36.0 Å². The molecule has 0 aromatic carbocycles. The number of aromatic nitrogens is 6. The van der Waals surface area contributed by atoms with Gasteiger partial charge < -0.3 is 4.40 Å². The van der Waals surface area contributed by atoms with Crippen molar-refractivity contribution in [1.29, 1.82) is 0 Å². The van der Waals surface area contributed by atoms with Crippen LogP contribution in [-0.4, -0.2) is 29.1 Å². The van der Waals surface area contributed by atoms with Crippen molar-refractivity contribution >= 4 is 21.6 Å². The van der Waals surface area contributed by atoms with E-state index in [4.69, 9.17) is 0 Å². The van der Waals surface area contributed by atoms with Gasteiger partial charge in [0.25, 0.3) is 0 Å². The first-order valence-corrected chi connectivity index (χ1v) is 4.98. The molecule has 0 bridgehead atoms. The summed E-state index contributed by atoms with van der Waals surface area (Å²) in [4.78, 5) is 12.4. The molecule has 0 aliphatic heterocycles. The molecule has 0 saturated carbocycles. The second kappa shape index (κ2) is 3.13. The van der Waals surface area contributed by atoms with Crippen LogP contribution in [0, 0.1) is 0 Å². The first kappa shape index (κ1) is 8.54. The zero-order valence-electron chi connectivity index (χ0n) is 7.45. The molecule has 3 aromatic rings. The summed E-state index contributed by atoms with van der Waals surface area (Å²) in [5.74, 6) is 0.645. The van der Waals surface area contributed by atoms with Crippen LogP contribution in [0.1, 0.15) is 0 Å². The smallest absolute Gasteiger partial charge is 0.200 e. The Labute approximate surface area is 92.7 Å². The lowest BCUT2D eigenvalue weighted by atomic mass is 10.6. The van der Waals surface area contributed by atoms with Crippen molar-refractivity contribution in [2.24, 2.45) is 0 Å². The van der Waals surface area contributed by atoms with Crippen molar-refractivity contribution < 1.29 is 0 Å². The van der Waals surface area contributed by atoms with Gasteiger partial charge in [0, 0.05) is 18.6 Å². The van der Waals surface area contributed by atoms with Crippen LogP contribution < -0.4 is 0 Å². The number of hydrogen-bond donors (Lipinski definition) is 0. The number of rotatable bonds is 1. The summed E-state index contributed by atoms with van der Waals surface area (Å²) >= 11 is 3.33. The lowest BCUT2D eigenvalue weighted by Gasteiger charge is -2.02. The third-order valence-electron chi connectivity index (χ3n) is 1.96. The third-order valence-corrected chi connectivity index (χ3v) is 2.34. The molecule has 0 saturated heterocycles. The van der Waals surface area contributed by atoms with Crippen molar-refractivity contribution in [3.8, 4) is 5.82 Å². The molecule has 0 spiro atoms. The average molecular weight is 265 g/mol. The van der Waals surface area contributed by atoms with Gasteiger partial charge in [0.15, 0.2) is 11.5 Å². The van der Waals surface area contributed by atoms with Gasteiger partial charge in [-0.2, -0.15) is 9.78 Å². The van der Waals surface area contributed by atoms with Crippen molar-refractivity contribution in [2.45, 2.75) is 0 Å². The standard InChI is InChI=1S/C8H5BrN6/c9-6-3-14-2-1-11-7(14)8(13-6)15-5-10-4-12-15/h1-5H. The van der Waals surface area contributed by atoms with E-state index >= 15 is 0 Å². The second-order valence-corrected chi connectivity index (χ2v) is 3.70. The highest BCUT2D eigenvalue weighted by atomic mass is 79.9. The summed E-state index contributed by atoms with van der Waals surface area (Å²) in [6.07, 6.45) is 8.44. The van der Waals surface area contributed by atoms with E-state index in [9.17, 15) is 0 Å². The fourth-order valence-corrected chi connectivity index (χ4v) is 1.75. The van der Waals surface area contributed by atoms with Gasteiger partial charge in [0.05, 0.1) is 0 Å². The zero-order chi connectivity index (χ0) is 10.3. The van der Waals surface area contributed by atoms with E-state index in [1.165, 1.54) is 6.33 Å².